The second-order valence-electron chi connectivity index (χ2n) is 4.15. The van der Waals surface area contributed by atoms with Crippen LogP contribution in [0.5, 0.6) is 0 Å². The van der Waals surface area contributed by atoms with Crippen LogP contribution in [-0.2, 0) is 23.0 Å². The minimum absolute atomic E-state index is 0.00652. The Hall–Kier alpha value is -1.33. The summed E-state index contributed by atoms with van der Waals surface area (Å²) in [5.74, 6) is 0.125. The van der Waals surface area contributed by atoms with Gasteiger partial charge in [0.15, 0.2) is 0 Å². The molecule has 1 N–H and O–H groups in total. The molecule has 17 heavy (non-hydrogen) atoms. The Morgan fingerprint density at radius 2 is 2.06 bits per heavy atom. The number of rotatable bonds is 4. The predicted molar refractivity (Wildman–Crippen MR) is 67.6 cm³/mol. The summed E-state index contributed by atoms with van der Waals surface area (Å²) in [6.07, 6.45) is 3.09. The third-order valence-electron chi connectivity index (χ3n) is 2.78. The average Bonchev–Trinajstić information content (AvgIpc) is 2.68. The molecule has 1 aromatic heterocycles. The molecule has 4 nitrogen and oxygen atoms in total. The SMILES string of the molecule is CS(=O)(=O)CCn1ccc2c(CO)cccc21. The van der Waals surface area contributed by atoms with E-state index < -0.39 is 9.84 Å². The van der Waals surface area contributed by atoms with Gasteiger partial charge in [0, 0.05) is 29.9 Å². The second-order valence-corrected chi connectivity index (χ2v) is 6.41. The minimum Gasteiger partial charge on any atom is -0.392 e. The predicted octanol–water partition coefficient (Wildman–Crippen LogP) is 1.18. The fourth-order valence-corrected chi connectivity index (χ4v) is 2.41. The molecule has 0 bridgehead atoms. The number of aryl methyl sites for hydroxylation is 1. The van der Waals surface area contributed by atoms with Crippen molar-refractivity contribution in [1.82, 2.24) is 4.57 Å². The maximum atomic E-state index is 11.1. The van der Waals surface area contributed by atoms with E-state index in [9.17, 15) is 13.5 Å². The smallest absolute Gasteiger partial charge is 0.149 e. The van der Waals surface area contributed by atoms with Crippen LogP contribution in [0.1, 0.15) is 5.56 Å². The average molecular weight is 253 g/mol. The molecular formula is C12H15NO3S. The number of aliphatic hydroxyl groups excluding tert-OH is 1. The summed E-state index contributed by atoms with van der Waals surface area (Å²) < 4.78 is 24.2. The first-order valence-electron chi connectivity index (χ1n) is 5.36. The minimum atomic E-state index is -2.95. The lowest BCUT2D eigenvalue weighted by Gasteiger charge is -2.05. The highest BCUT2D eigenvalue weighted by molar-refractivity contribution is 7.90. The Morgan fingerprint density at radius 1 is 1.29 bits per heavy atom. The molecule has 0 saturated heterocycles. The molecule has 0 amide bonds. The Bertz CT molecular complexity index is 628. The number of nitrogens with zero attached hydrogens (tertiary/aromatic N) is 1. The van der Waals surface area contributed by atoms with Gasteiger partial charge in [-0.1, -0.05) is 12.1 Å². The topological polar surface area (TPSA) is 59.3 Å². The molecule has 2 aromatic rings. The number of hydrogen-bond donors (Lipinski definition) is 1. The molecule has 2 rings (SSSR count). The van der Waals surface area contributed by atoms with Crippen molar-refractivity contribution in [2.45, 2.75) is 13.2 Å². The van der Waals surface area contributed by atoms with E-state index in [2.05, 4.69) is 0 Å². The van der Waals surface area contributed by atoms with E-state index in [1.165, 1.54) is 6.26 Å². The molecule has 0 aliphatic rings. The van der Waals surface area contributed by atoms with Crippen molar-refractivity contribution in [2.24, 2.45) is 0 Å². The normalized spacial score (nSPS) is 12.1. The van der Waals surface area contributed by atoms with Gasteiger partial charge >= 0.3 is 0 Å². The van der Waals surface area contributed by atoms with Crippen LogP contribution in [0.2, 0.25) is 0 Å². The molecule has 92 valence electrons. The van der Waals surface area contributed by atoms with Gasteiger partial charge in [-0.2, -0.15) is 0 Å². The maximum Gasteiger partial charge on any atom is 0.149 e. The third kappa shape index (κ3) is 2.68. The molecule has 0 saturated carbocycles. The van der Waals surface area contributed by atoms with Crippen LogP contribution in [0, 0.1) is 0 Å². The second kappa shape index (κ2) is 4.50. The van der Waals surface area contributed by atoms with Gasteiger partial charge in [0.2, 0.25) is 0 Å². The highest BCUT2D eigenvalue weighted by atomic mass is 32.2. The molecule has 1 heterocycles. The summed E-state index contributed by atoms with van der Waals surface area (Å²) in [6.45, 7) is 0.435. The number of aromatic nitrogens is 1. The third-order valence-corrected chi connectivity index (χ3v) is 3.70. The van der Waals surface area contributed by atoms with Crippen LogP contribution in [-0.4, -0.2) is 30.1 Å². The van der Waals surface area contributed by atoms with E-state index in [1.54, 1.807) is 0 Å². The number of sulfone groups is 1. The Labute approximate surface area is 100 Å². The molecule has 0 spiro atoms. The molecule has 0 fully saturated rings. The quantitative estimate of drug-likeness (QED) is 0.890. The summed E-state index contributed by atoms with van der Waals surface area (Å²) in [5.41, 5.74) is 1.82. The van der Waals surface area contributed by atoms with Crippen LogP contribution in [0.3, 0.4) is 0 Å². The monoisotopic (exact) mass is 253 g/mol. The van der Waals surface area contributed by atoms with Crippen molar-refractivity contribution < 1.29 is 13.5 Å². The molecule has 1 aromatic carbocycles. The first kappa shape index (κ1) is 12.1. The van der Waals surface area contributed by atoms with Crippen molar-refractivity contribution in [2.75, 3.05) is 12.0 Å². The van der Waals surface area contributed by atoms with Crippen molar-refractivity contribution in [3.63, 3.8) is 0 Å². The zero-order valence-electron chi connectivity index (χ0n) is 9.63. The van der Waals surface area contributed by atoms with E-state index in [4.69, 9.17) is 0 Å². The summed E-state index contributed by atoms with van der Waals surface area (Å²) in [7, 11) is -2.95. The van der Waals surface area contributed by atoms with E-state index in [1.807, 2.05) is 35.0 Å². The highest BCUT2D eigenvalue weighted by Crippen LogP contribution is 2.20. The number of benzene rings is 1. The van der Waals surface area contributed by atoms with Crippen LogP contribution >= 0.6 is 0 Å². The summed E-state index contributed by atoms with van der Waals surface area (Å²) >= 11 is 0. The van der Waals surface area contributed by atoms with E-state index in [0.29, 0.717) is 6.54 Å². The maximum absolute atomic E-state index is 11.1. The van der Waals surface area contributed by atoms with Gasteiger partial charge < -0.3 is 9.67 Å². The molecule has 0 unspecified atom stereocenters. The van der Waals surface area contributed by atoms with Gasteiger partial charge in [-0.05, 0) is 17.7 Å². The number of aliphatic hydroxyl groups is 1. The molecule has 0 aliphatic carbocycles. The zero-order chi connectivity index (χ0) is 12.5. The van der Waals surface area contributed by atoms with Crippen LogP contribution in [0.15, 0.2) is 30.5 Å². The van der Waals surface area contributed by atoms with Gasteiger partial charge in [-0.25, -0.2) is 8.42 Å². The van der Waals surface area contributed by atoms with Crippen LogP contribution in [0.4, 0.5) is 0 Å². The van der Waals surface area contributed by atoms with E-state index in [-0.39, 0.29) is 12.4 Å². The van der Waals surface area contributed by atoms with Gasteiger partial charge in [0.1, 0.15) is 9.84 Å². The van der Waals surface area contributed by atoms with Crippen molar-refractivity contribution >= 4 is 20.7 Å². The molecular weight excluding hydrogens is 238 g/mol. The first-order valence-corrected chi connectivity index (χ1v) is 7.42. The summed E-state index contributed by atoms with van der Waals surface area (Å²) in [5, 5.41) is 10.2. The van der Waals surface area contributed by atoms with Crippen LogP contribution in [0.25, 0.3) is 10.9 Å². The van der Waals surface area contributed by atoms with E-state index >= 15 is 0 Å². The highest BCUT2D eigenvalue weighted by Gasteiger charge is 2.07. The van der Waals surface area contributed by atoms with Gasteiger partial charge in [-0.15, -0.1) is 0 Å². The standard InChI is InChI=1S/C12H15NO3S/c1-17(15,16)8-7-13-6-5-11-10(9-14)3-2-4-12(11)13/h2-6,14H,7-9H2,1H3. The molecule has 0 radical (unpaired) electrons. The molecule has 0 aliphatic heterocycles. The first-order chi connectivity index (χ1) is 8.01. The van der Waals surface area contributed by atoms with Crippen molar-refractivity contribution in [1.29, 1.82) is 0 Å². The number of fused-ring (bicyclic) bond motifs is 1. The van der Waals surface area contributed by atoms with Crippen molar-refractivity contribution in [3.05, 3.63) is 36.0 Å². The fourth-order valence-electron chi connectivity index (χ4n) is 1.88. The van der Waals surface area contributed by atoms with Crippen LogP contribution < -0.4 is 0 Å². The van der Waals surface area contributed by atoms with Gasteiger partial charge in [-0.3, -0.25) is 0 Å². The van der Waals surface area contributed by atoms with Gasteiger partial charge in [0.05, 0.1) is 12.4 Å². The van der Waals surface area contributed by atoms with E-state index in [0.717, 1.165) is 16.5 Å². The fraction of sp³-hybridized carbons (Fsp3) is 0.333. The molecule has 5 heteroatoms. The zero-order valence-corrected chi connectivity index (χ0v) is 10.4. The lowest BCUT2D eigenvalue weighted by Crippen LogP contribution is -2.10. The summed E-state index contributed by atoms with van der Waals surface area (Å²) in [6, 6.07) is 7.56. The Morgan fingerprint density at radius 3 is 2.71 bits per heavy atom. The Balaban J connectivity index is 2.37. The van der Waals surface area contributed by atoms with Crippen molar-refractivity contribution in [3.8, 4) is 0 Å². The largest absolute Gasteiger partial charge is 0.392 e. The Kier molecular flexibility index (Phi) is 3.22. The lowest BCUT2D eigenvalue weighted by molar-refractivity contribution is 0.283. The van der Waals surface area contributed by atoms with Gasteiger partial charge in [0.25, 0.3) is 0 Å². The summed E-state index contributed by atoms with van der Waals surface area (Å²) in [4.78, 5) is 0. The number of hydrogen-bond acceptors (Lipinski definition) is 3. The molecule has 0 atom stereocenters. The lowest BCUT2D eigenvalue weighted by atomic mass is 10.1.